The van der Waals surface area contributed by atoms with Gasteiger partial charge < -0.3 is 0 Å². The number of thiazole rings is 1. The molecule has 0 atom stereocenters. The summed E-state index contributed by atoms with van der Waals surface area (Å²) in [6.45, 7) is 2.19. The fraction of sp³-hybridized carbons (Fsp3) is 0.571. The van der Waals surface area contributed by atoms with Crippen molar-refractivity contribution >= 4 is 11.3 Å². The van der Waals surface area contributed by atoms with Gasteiger partial charge in [0, 0.05) is 0 Å². The molecule has 0 N–H and O–H groups in total. The Hall–Kier alpha value is -0.370. The first-order valence-corrected chi connectivity index (χ1v) is 4.11. The molecule has 9 heavy (non-hydrogen) atoms. The molecule has 0 spiro atoms. The molecule has 49 valence electrons. The predicted molar refractivity (Wildman–Crippen MR) is 39.6 cm³/mol. The summed E-state index contributed by atoms with van der Waals surface area (Å²) in [4.78, 5) is 4.12. The van der Waals surface area contributed by atoms with E-state index in [4.69, 9.17) is 0 Å². The summed E-state index contributed by atoms with van der Waals surface area (Å²) in [6, 6.07) is 0. The molecular weight excluding hydrogens is 130 g/mol. The van der Waals surface area contributed by atoms with Gasteiger partial charge in [-0.25, -0.2) is 4.98 Å². The van der Waals surface area contributed by atoms with Crippen molar-refractivity contribution in [2.24, 2.45) is 0 Å². The summed E-state index contributed by atoms with van der Waals surface area (Å²) in [6.07, 6.45) is 3.58. The van der Waals surface area contributed by atoms with E-state index in [1.54, 1.807) is 11.3 Å². The standard InChI is InChI=1S/C7H10NS/c1-2-3-4-7-5-9-6-8-7/h6H,2-4H2,1H3. The summed E-state index contributed by atoms with van der Waals surface area (Å²) < 4.78 is 0. The van der Waals surface area contributed by atoms with E-state index < -0.39 is 0 Å². The van der Waals surface area contributed by atoms with Crippen LogP contribution in [-0.2, 0) is 6.42 Å². The van der Waals surface area contributed by atoms with Gasteiger partial charge in [-0.2, -0.15) is 0 Å². The number of nitrogens with zero attached hydrogens (tertiary/aromatic N) is 1. The van der Waals surface area contributed by atoms with E-state index in [2.05, 4.69) is 17.3 Å². The Kier molecular flexibility index (Phi) is 2.71. The second-order valence-corrected chi connectivity index (χ2v) is 2.66. The molecule has 0 aliphatic carbocycles. The maximum Gasteiger partial charge on any atom is 0.0801 e. The predicted octanol–water partition coefficient (Wildman–Crippen LogP) is 2.29. The van der Waals surface area contributed by atoms with Gasteiger partial charge >= 0.3 is 0 Å². The van der Waals surface area contributed by atoms with Crippen molar-refractivity contribution in [1.82, 2.24) is 4.98 Å². The first-order valence-electron chi connectivity index (χ1n) is 3.23. The van der Waals surface area contributed by atoms with Crippen molar-refractivity contribution in [3.8, 4) is 0 Å². The van der Waals surface area contributed by atoms with Crippen molar-refractivity contribution in [2.45, 2.75) is 26.2 Å². The second kappa shape index (κ2) is 3.62. The third-order valence-corrected chi connectivity index (χ3v) is 1.77. The van der Waals surface area contributed by atoms with Gasteiger partial charge in [-0.3, -0.25) is 0 Å². The van der Waals surface area contributed by atoms with Crippen molar-refractivity contribution in [1.29, 1.82) is 0 Å². The van der Waals surface area contributed by atoms with Crippen LogP contribution in [0.25, 0.3) is 0 Å². The highest BCUT2D eigenvalue weighted by molar-refractivity contribution is 7.07. The molecule has 0 aromatic carbocycles. The zero-order chi connectivity index (χ0) is 6.53. The number of aromatic nitrogens is 1. The second-order valence-electron chi connectivity index (χ2n) is 2.00. The third kappa shape index (κ3) is 2.14. The van der Waals surface area contributed by atoms with Crippen molar-refractivity contribution < 1.29 is 0 Å². The monoisotopic (exact) mass is 140 g/mol. The zero-order valence-corrected chi connectivity index (χ0v) is 6.37. The molecule has 1 heterocycles. The molecule has 0 bridgehead atoms. The molecule has 1 radical (unpaired) electrons. The fourth-order valence-corrected chi connectivity index (χ4v) is 1.19. The Bertz CT molecular complexity index is 146. The molecule has 0 saturated heterocycles. The van der Waals surface area contributed by atoms with Gasteiger partial charge in [-0.15, -0.1) is 11.3 Å². The van der Waals surface area contributed by atoms with Gasteiger partial charge in [0.05, 0.1) is 16.6 Å². The molecule has 1 aromatic rings. The van der Waals surface area contributed by atoms with Crippen LogP contribution in [0.2, 0.25) is 0 Å². The van der Waals surface area contributed by atoms with E-state index in [9.17, 15) is 0 Å². The van der Waals surface area contributed by atoms with Gasteiger partial charge in [0.1, 0.15) is 0 Å². The molecule has 2 heteroatoms. The maximum atomic E-state index is 4.12. The van der Waals surface area contributed by atoms with E-state index in [1.807, 2.05) is 5.51 Å². The van der Waals surface area contributed by atoms with Gasteiger partial charge in [0.25, 0.3) is 0 Å². The van der Waals surface area contributed by atoms with Crippen LogP contribution in [0, 0.1) is 5.38 Å². The van der Waals surface area contributed by atoms with Gasteiger partial charge in [-0.05, 0) is 12.8 Å². The minimum absolute atomic E-state index is 1.10. The van der Waals surface area contributed by atoms with E-state index in [0.29, 0.717) is 0 Å². The molecule has 0 amide bonds. The van der Waals surface area contributed by atoms with Gasteiger partial charge in [0.15, 0.2) is 0 Å². The largest absolute Gasteiger partial charge is 0.249 e. The summed E-state index contributed by atoms with van der Waals surface area (Å²) >= 11 is 1.55. The van der Waals surface area contributed by atoms with E-state index in [-0.39, 0.29) is 0 Å². The van der Waals surface area contributed by atoms with Crippen LogP contribution in [0.5, 0.6) is 0 Å². The molecule has 1 aromatic heterocycles. The molecule has 1 nitrogen and oxygen atoms in total. The Morgan fingerprint density at radius 3 is 3.22 bits per heavy atom. The average Bonchev–Trinajstić information content (AvgIpc) is 2.34. The van der Waals surface area contributed by atoms with Crippen molar-refractivity contribution in [2.75, 3.05) is 0 Å². The SMILES string of the molecule is CCCCc1[c]scn1. The van der Waals surface area contributed by atoms with Crippen LogP contribution in [-0.4, -0.2) is 4.98 Å². The number of hydrogen-bond donors (Lipinski definition) is 0. The lowest BCUT2D eigenvalue weighted by atomic mass is 10.2. The highest BCUT2D eigenvalue weighted by Gasteiger charge is 1.91. The average molecular weight is 140 g/mol. The Morgan fingerprint density at radius 1 is 1.78 bits per heavy atom. The van der Waals surface area contributed by atoms with Crippen LogP contribution in [0.1, 0.15) is 25.5 Å². The molecule has 0 fully saturated rings. The van der Waals surface area contributed by atoms with Crippen LogP contribution < -0.4 is 0 Å². The molecule has 0 saturated carbocycles. The van der Waals surface area contributed by atoms with E-state index in [0.717, 1.165) is 12.1 Å². The first-order chi connectivity index (χ1) is 4.43. The first kappa shape index (κ1) is 6.75. The third-order valence-electron chi connectivity index (χ3n) is 1.21. The quantitative estimate of drug-likeness (QED) is 0.627. The summed E-state index contributed by atoms with van der Waals surface area (Å²) in [5.74, 6) is 0. The molecular formula is C7H10NS. The fourth-order valence-electron chi connectivity index (χ4n) is 0.670. The zero-order valence-electron chi connectivity index (χ0n) is 5.55. The topological polar surface area (TPSA) is 12.9 Å². The Balaban J connectivity index is 2.30. The number of aryl methyl sites for hydroxylation is 1. The summed E-state index contributed by atoms with van der Waals surface area (Å²) in [5, 5.41) is 3.10. The summed E-state index contributed by atoms with van der Waals surface area (Å²) in [7, 11) is 0. The smallest absolute Gasteiger partial charge is 0.0801 e. The van der Waals surface area contributed by atoms with Gasteiger partial charge in [0.2, 0.25) is 0 Å². The Morgan fingerprint density at radius 2 is 2.67 bits per heavy atom. The van der Waals surface area contributed by atoms with Crippen molar-refractivity contribution in [3.63, 3.8) is 0 Å². The van der Waals surface area contributed by atoms with Crippen LogP contribution in [0.4, 0.5) is 0 Å². The lowest BCUT2D eigenvalue weighted by Gasteiger charge is -1.88. The van der Waals surface area contributed by atoms with Gasteiger partial charge in [-0.1, -0.05) is 13.3 Å². The van der Waals surface area contributed by atoms with Crippen LogP contribution >= 0.6 is 11.3 Å². The van der Waals surface area contributed by atoms with Crippen LogP contribution in [0.15, 0.2) is 5.51 Å². The van der Waals surface area contributed by atoms with E-state index >= 15 is 0 Å². The molecule has 0 aliphatic rings. The Labute approximate surface area is 59.8 Å². The van der Waals surface area contributed by atoms with E-state index in [1.165, 1.54) is 12.8 Å². The highest BCUT2D eigenvalue weighted by atomic mass is 32.1. The highest BCUT2D eigenvalue weighted by Crippen LogP contribution is 2.03. The normalized spacial score (nSPS) is 9.89. The lowest BCUT2D eigenvalue weighted by Crippen LogP contribution is -1.82. The maximum absolute atomic E-state index is 4.12. The molecule has 1 rings (SSSR count). The summed E-state index contributed by atoms with van der Waals surface area (Å²) in [5.41, 5.74) is 2.96. The number of hydrogen-bond acceptors (Lipinski definition) is 2. The van der Waals surface area contributed by atoms with Crippen molar-refractivity contribution in [3.05, 3.63) is 16.6 Å². The number of unbranched alkanes of at least 4 members (excludes halogenated alkanes) is 1. The minimum Gasteiger partial charge on any atom is -0.249 e. The molecule has 0 aliphatic heterocycles. The lowest BCUT2D eigenvalue weighted by molar-refractivity contribution is 0.780. The number of rotatable bonds is 3. The molecule has 0 unspecified atom stereocenters. The van der Waals surface area contributed by atoms with Crippen LogP contribution in [0.3, 0.4) is 0 Å². The minimum atomic E-state index is 1.10.